The highest BCUT2D eigenvalue weighted by atomic mass is 16.5. The molecule has 5 aliphatic heterocycles. The number of ether oxygens (including phenoxy) is 2. The Labute approximate surface area is 399 Å². The van der Waals surface area contributed by atoms with Gasteiger partial charge in [0.05, 0.1) is 24.5 Å². The van der Waals surface area contributed by atoms with Crippen molar-refractivity contribution >= 4 is 40.5 Å². The van der Waals surface area contributed by atoms with Crippen LogP contribution in [0.15, 0.2) is 36.4 Å². The number of nitrogens with two attached hydrogens (primary N) is 1. The molecule has 68 heavy (non-hydrogen) atoms. The van der Waals surface area contributed by atoms with Gasteiger partial charge in [0.15, 0.2) is 17.3 Å². The lowest BCUT2D eigenvalue weighted by Crippen LogP contribution is -2.57. The number of nitrogens with zero attached hydrogens (tertiary/aromatic N) is 6. The number of piperazine rings is 1. The lowest BCUT2D eigenvalue weighted by molar-refractivity contribution is -0.159. The Morgan fingerprint density at radius 2 is 1.54 bits per heavy atom. The van der Waals surface area contributed by atoms with Crippen molar-refractivity contribution in [2.45, 2.75) is 133 Å². The number of unbranched alkanes of at least 4 members (excludes halogenated alkanes) is 4. The zero-order valence-corrected chi connectivity index (χ0v) is 39.7. The van der Waals surface area contributed by atoms with Crippen molar-refractivity contribution in [3.8, 4) is 5.75 Å². The molecule has 19 nitrogen and oxygen atoms in total. The third kappa shape index (κ3) is 11.8. The fourth-order valence-electron chi connectivity index (χ4n) is 10.6. The van der Waals surface area contributed by atoms with E-state index < -0.39 is 36.9 Å². The molecule has 2 amide bonds. The van der Waals surface area contributed by atoms with Crippen molar-refractivity contribution in [1.29, 1.82) is 0 Å². The molecule has 5 atom stereocenters. The van der Waals surface area contributed by atoms with Gasteiger partial charge in [-0.15, -0.1) is 0 Å². The monoisotopic (exact) mass is 944 g/mol. The van der Waals surface area contributed by atoms with Crippen molar-refractivity contribution in [2.75, 3.05) is 87.0 Å². The SMILES string of the molecule is CCc1nc(C(N)=O)c(Nc2ccc(N3CCC(N4CCN(C(=O)CCCCCCCNc5ccc6c(c5)C(O)N(C5CCC(O)NC5O)C6O)CC4)CC3)c(OC)c2)nc1NC1CCOCC1. The number of amides is 2. The third-order valence-corrected chi connectivity index (χ3v) is 14.5. The van der Waals surface area contributed by atoms with Gasteiger partial charge in [-0.05, 0) is 82.1 Å². The number of hydrogen-bond acceptors (Lipinski definition) is 17. The molecule has 5 unspecified atom stereocenters. The number of methoxy groups -OCH3 is 1. The summed E-state index contributed by atoms with van der Waals surface area (Å²) in [6, 6.07) is 11.7. The topological polar surface area (TPSA) is 246 Å². The molecule has 1 aromatic heterocycles. The molecule has 19 heteroatoms. The normalized spacial score (nSPS) is 24.2. The van der Waals surface area contributed by atoms with Crippen LogP contribution in [0.2, 0.25) is 0 Å². The molecule has 5 aliphatic rings. The molecule has 372 valence electrons. The zero-order valence-electron chi connectivity index (χ0n) is 39.7. The fraction of sp³-hybridized carbons (Fsp3) is 0.633. The average Bonchev–Trinajstić information content (AvgIpc) is 3.59. The summed E-state index contributed by atoms with van der Waals surface area (Å²) < 4.78 is 11.4. The number of aryl methyl sites for hydroxylation is 1. The van der Waals surface area contributed by atoms with Crippen molar-refractivity contribution < 1.29 is 39.5 Å². The standard InChI is InChI=1S/C49H73N11O8/c1-3-37-45(52-31-18-27-68-28-19-31)56-46(43(54-37)44(50)63)53-33-11-13-38(40(30-33)67-2)58-21-16-34(17-22-58)57-23-25-59(26-24-57)42(62)9-7-5-4-6-8-20-51-32-10-12-35-36(29-32)49(66)60(48(35)65)39-14-15-41(61)55-47(39)64/h10-13,29-31,34,39,41,47-49,51,55,61,64-66H,3-9,14-28H2,1-2H3,(H2,50,63)(H2,52,53,56). The number of carbonyl (C=O) groups is 2. The molecule has 0 spiro atoms. The molecule has 0 aliphatic carbocycles. The molecule has 4 fully saturated rings. The van der Waals surface area contributed by atoms with E-state index in [4.69, 9.17) is 20.2 Å². The molecule has 4 saturated heterocycles. The Hall–Kier alpha value is -4.86. The highest BCUT2D eigenvalue weighted by Gasteiger charge is 2.45. The second-order valence-corrected chi connectivity index (χ2v) is 18.9. The van der Waals surface area contributed by atoms with Crippen LogP contribution in [-0.4, -0.2) is 154 Å². The van der Waals surface area contributed by atoms with Gasteiger partial charge in [-0.25, -0.2) is 14.9 Å². The minimum absolute atomic E-state index is 0.0941. The minimum Gasteiger partial charge on any atom is -0.495 e. The number of aliphatic hydroxyl groups excluding tert-OH is 4. The van der Waals surface area contributed by atoms with Crippen LogP contribution in [0.4, 0.5) is 28.7 Å². The van der Waals surface area contributed by atoms with E-state index in [1.54, 1.807) is 7.11 Å². The van der Waals surface area contributed by atoms with Gasteiger partial charge in [0.25, 0.3) is 5.91 Å². The van der Waals surface area contributed by atoms with E-state index in [0.29, 0.717) is 79.1 Å². The van der Waals surface area contributed by atoms with Gasteiger partial charge >= 0.3 is 0 Å². The highest BCUT2D eigenvalue weighted by molar-refractivity contribution is 5.96. The van der Waals surface area contributed by atoms with Crippen LogP contribution in [0.5, 0.6) is 5.75 Å². The Morgan fingerprint density at radius 3 is 2.26 bits per heavy atom. The summed E-state index contributed by atoms with van der Waals surface area (Å²) in [5.41, 5.74) is 10.4. The summed E-state index contributed by atoms with van der Waals surface area (Å²) in [5, 5.41) is 55.2. The molecular weight excluding hydrogens is 871 g/mol. The lowest BCUT2D eigenvalue weighted by atomic mass is 10.0. The molecular formula is C49H73N11O8. The Morgan fingerprint density at radius 1 is 0.824 bits per heavy atom. The summed E-state index contributed by atoms with van der Waals surface area (Å²) in [6.07, 6.45) is 6.85. The average molecular weight is 944 g/mol. The highest BCUT2D eigenvalue weighted by Crippen LogP contribution is 2.44. The maximum Gasteiger partial charge on any atom is 0.271 e. The van der Waals surface area contributed by atoms with Crippen LogP contribution >= 0.6 is 0 Å². The molecule has 2 aromatic carbocycles. The molecule has 8 rings (SSSR count). The number of hydrogen-bond donors (Lipinski definition) is 9. The number of carbonyl (C=O) groups excluding carboxylic acids is 2. The summed E-state index contributed by atoms with van der Waals surface area (Å²) >= 11 is 0. The fourth-order valence-corrected chi connectivity index (χ4v) is 10.6. The van der Waals surface area contributed by atoms with Crippen LogP contribution in [-0.2, 0) is 16.0 Å². The minimum atomic E-state index is -1.06. The number of primary amides is 1. The number of anilines is 5. The first-order chi connectivity index (χ1) is 33.0. The lowest BCUT2D eigenvalue weighted by Gasteiger charge is -2.43. The smallest absolute Gasteiger partial charge is 0.271 e. The molecule has 10 N–H and O–H groups in total. The van der Waals surface area contributed by atoms with Gasteiger partial charge < -0.3 is 61.4 Å². The summed E-state index contributed by atoms with van der Waals surface area (Å²) in [4.78, 5) is 43.6. The van der Waals surface area contributed by atoms with Crippen molar-refractivity contribution in [2.24, 2.45) is 5.73 Å². The number of rotatable bonds is 19. The van der Waals surface area contributed by atoms with Crippen LogP contribution in [0.1, 0.15) is 124 Å². The quantitative estimate of drug-likeness (QED) is 0.0778. The molecule has 0 radical (unpaired) electrons. The summed E-state index contributed by atoms with van der Waals surface area (Å²) in [7, 11) is 1.67. The predicted octanol–water partition coefficient (Wildman–Crippen LogP) is 3.73. The van der Waals surface area contributed by atoms with E-state index >= 15 is 0 Å². The Bertz CT molecular complexity index is 2160. The first-order valence-corrected chi connectivity index (χ1v) is 24.9. The number of fused-ring (bicyclic) bond motifs is 1. The zero-order chi connectivity index (χ0) is 47.7. The molecule has 3 aromatic rings. The predicted molar refractivity (Wildman–Crippen MR) is 260 cm³/mol. The molecule has 0 saturated carbocycles. The van der Waals surface area contributed by atoms with Crippen molar-refractivity contribution in [3.05, 3.63) is 58.9 Å². The second-order valence-electron chi connectivity index (χ2n) is 18.9. The van der Waals surface area contributed by atoms with E-state index in [9.17, 15) is 30.0 Å². The van der Waals surface area contributed by atoms with E-state index in [2.05, 4.69) is 36.1 Å². The number of aliphatic hydroxyl groups is 4. The van der Waals surface area contributed by atoms with Gasteiger partial charge in [-0.3, -0.25) is 19.8 Å². The second kappa shape index (κ2) is 23.2. The van der Waals surface area contributed by atoms with E-state index in [1.807, 2.05) is 48.2 Å². The first-order valence-electron chi connectivity index (χ1n) is 24.9. The maximum absolute atomic E-state index is 13.2. The van der Waals surface area contributed by atoms with E-state index in [-0.39, 0.29) is 17.6 Å². The summed E-state index contributed by atoms with van der Waals surface area (Å²) in [6.45, 7) is 9.23. The first kappa shape index (κ1) is 49.6. The van der Waals surface area contributed by atoms with Crippen LogP contribution < -0.4 is 36.6 Å². The number of aromatic nitrogens is 2. The number of piperidine rings is 2. The number of benzene rings is 2. The largest absolute Gasteiger partial charge is 0.495 e. The van der Waals surface area contributed by atoms with Crippen LogP contribution in [0.3, 0.4) is 0 Å². The van der Waals surface area contributed by atoms with Crippen molar-refractivity contribution in [1.82, 2.24) is 30.0 Å². The van der Waals surface area contributed by atoms with Gasteiger partial charge in [0.2, 0.25) is 5.91 Å². The van der Waals surface area contributed by atoms with Gasteiger partial charge in [0.1, 0.15) is 30.7 Å². The molecule has 6 heterocycles. The van der Waals surface area contributed by atoms with Gasteiger partial charge in [-0.1, -0.05) is 32.3 Å². The Kier molecular flexibility index (Phi) is 16.9. The maximum atomic E-state index is 13.2. The van der Waals surface area contributed by atoms with Crippen molar-refractivity contribution in [3.63, 3.8) is 0 Å². The molecule has 0 bridgehead atoms. The van der Waals surface area contributed by atoms with Gasteiger partial charge in [0, 0.05) is 106 Å². The van der Waals surface area contributed by atoms with E-state index in [0.717, 1.165) is 121 Å². The van der Waals surface area contributed by atoms with Crippen LogP contribution in [0.25, 0.3) is 0 Å². The Balaban J connectivity index is 0.720. The number of nitrogens with one attached hydrogen (secondary N) is 4. The summed E-state index contributed by atoms with van der Waals surface area (Å²) in [5.74, 6) is 1.27. The third-order valence-electron chi connectivity index (χ3n) is 14.5. The van der Waals surface area contributed by atoms with E-state index in [1.165, 1.54) is 4.90 Å². The van der Waals surface area contributed by atoms with Gasteiger partial charge in [-0.2, -0.15) is 0 Å². The van der Waals surface area contributed by atoms with Crippen LogP contribution in [0, 0.1) is 0 Å².